The second kappa shape index (κ2) is 11.8. The highest BCUT2D eigenvalue weighted by molar-refractivity contribution is 7.99. The van der Waals surface area contributed by atoms with Crippen LogP contribution in [0.4, 0.5) is 0 Å². The Hall–Kier alpha value is -3.69. The molecule has 0 aliphatic heterocycles. The SMILES string of the molecule is CC(C)c1ccccc1-n1c(SCC(=O)N(CCC#N)CCC#N)nnc1-c1cccnc1. The topological polar surface area (TPSA) is 111 Å². The summed E-state index contributed by atoms with van der Waals surface area (Å²) in [5, 5.41) is 27.2. The standard InChI is InChI=1S/C24H25N7OS/c1-18(2)20-9-3-4-10-21(20)31-23(19-8-5-13-27-16-19)28-29-24(31)33-17-22(32)30(14-6-11-25)15-7-12-26/h3-5,8-10,13,16,18H,6-7,14-15,17H2,1-2H3. The average molecular weight is 460 g/mol. The maximum atomic E-state index is 12.8. The Morgan fingerprint density at radius 3 is 2.45 bits per heavy atom. The molecule has 0 saturated carbocycles. The van der Waals surface area contributed by atoms with Crippen molar-refractivity contribution >= 4 is 17.7 Å². The minimum Gasteiger partial charge on any atom is -0.340 e. The van der Waals surface area contributed by atoms with Gasteiger partial charge in [0.15, 0.2) is 11.0 Å². The number of para-hydroxylation sites is 1. The van der Waals surface area contributed by atoms with Crippen molar-refractivity contribution in [2.75, 3.05) is 18.8 Å². The van der Waals surface area contributed by atoms with Crippen LogP contribution in [0.1, 0.15) is 38.2 Å². The number of hydrogen-bond acceptors (Lipinski definition) is 7. The molecule has 1 amide bonds. The summed E-state index contributed by atoms with van der Waals surface area (Å²) in [6.45, 7) is 4.87. The van der Waals surface area contributed by atoms with Crippen LogP contribution < -0.4 is 0 Å². The molecule has 0 fully saturated rings. The van der Waals surface area contributed by atoms with Gasteiger partial charge in [0.2, 0.25) is 5.91 Å². The number of nitrogens with zero attached hydrogens (tertiary/aromatic N) is 7. The monoisotopic (exact) mass is 459 g/mol. The third-order valence-corrected chi connectivity index (χ3v) is 5.93. The van der Waals surface area contributed by atoms with Crippen molar-refractivity contribution < 1.29 is 4.79 Å². The number of hydrogen-bond donors (Lipinski definition) is 0. The summed E-state index contributed by atoms with van der Waals surface area (Å²) in [6, 6.07) is 16.0. The van der Waals surface area contributed by atoms with Gasteiger partial charge in [0.25, 0.3) is 0 Å². The van der Waals surface area contributed by atoms with E-state index in [-0.39, 0.29) is 30.4 Å². The molecule has 0 atom stereocenters. The van der Waals surface area contributed by atoms with Crippen LogP contribution in [0.25, 0.3) is 17.1 Å². The van der Waals surface area contributed by atoms with E-state index < -0.39 is 0 Å². The lowest BCUT2D eigenvalue weighted by Gasteiger charge is -2.20. The van der Waals surface area contributed by atoms with E-state index in [9.17, 15) is 4.79 Å². The Bertz CT molecular complexity index is 1140. The summed E-state index contributed by atoms with van der Waals surface area (Å²) in [5.74, 6) is 0.917. The van der Waals surface area contributed by atoms with Gasteiger partial charge in [0.1, 0.15) is 0 Å². The highest BCUT2D eigenvalue weighted by Crippen LogP contribution is 2.32. The number of amides is 1. The van der Waals surface area contributed by atoms with E-state index in [0.717, 1.165) is 16.8 Å². The Morgan fingerprint density at radius 2 is 1.82 bits per heavy atom. The first-order valence-electron chi connectivity index (χ1n) is 10.7. The van der Waals surface area contributed by atoms with Crippen LogP contribution in [-0.2, 0) is 4.79 Å². The molecule has 0 bridgehead atoms. The van der Waals surface area contributed by atoms with Gasteiger partial charge in [0.05, 0.1) is 36.4 Å². The number of benzene rings is 1. The summed E-state index contributed by atoms with van der Waals surface area (Å²) in [7, 11) is 0. The molecule has 8 nitrogen and oxygen atoms in total. The van der Waals surface area contributed by atoms with Gasteiger partial charge in [0, 0.05) is 31.0 Å². The summed E-state index contributed by atoms with van der Waals surface area (Å²) >= 11 is 1.29. The molecule has 0 unspecified atom stereocenters. The molecule has 9 heteroatoms. The van der Waals surface area contributed by atoms with Crippen LogP contribution in [0.15, 0.2) is 53.9 Å². The van der Waals surface area contributed by atoms with Crippen molar-refractivity contribution in [1.29, 1.82) is 10.5 Å². The van der Waals surface area contributed by atoms with Crippen LogP contribution in [0.3, 0.4) is 0 Å². The molecule has 2 heterocycles. The van der Waals surface area contributed by atoms with Crippen molar-refractivity contribution in [3.63, 3.8) is 0 Å². The molecule has 2 aromatic heterocycles. The van der Waals surface area contributed by atoms with Crippen molar-refractivity contribution in [2.45, 2.75) is 37.8 Å². The lowest BCUT2D eigenvalue weighted by Crippen LogP contribution is -2.34. The van der Waals surface area contributed by atoms with Crippen LogP contribution in [0, 0.1) is 22.7 Å². The third-order valence-electron chi connectivity index (χ3n) is 5.02. The first-order valence-corrected chi connectivity index (χ1v) is 11.6. The number of carbonyl (C=O) groups excluding carboxylic acids is 1. The van der Waals surface area contributed by atoms with Crippen molar-refractivity contribution in [3.8, 4) is 29.2 Å². The Labute approximate surface area is 197 Å². The molecule has 0 N–H and O–H groups in total. The Morgan fingerprint density at radius 1 is 1.09 bits per heavy atom. The molecule has 3 rings (SSSR count). The number of rotatable bonds is 10. The van der Waals surface area contributed by atoms with Gasteiger partial charge in [-0.3, -0.25) is 14.3 Å². The van der Waals surface area contributed by atoms with E-state index in [2.05, 4.69) is 47.2 Å². The summed E-state index contributed by atoms with van der Waals surface area (Å²) in [5.41, 5.74) is 2.92. The smallest absolute Gasteiger partial charge is 0.233 e. The fraction of sp³-hybridized carbons (Fsp3) is 0.333. The normalized spacial score (nSPS) is 10.6. The Kier molecular flexibility index (Phi) is 8.56. The van der Waals surface area contributed by atoms with Gasteiger partial charge in [-0.05, 0) is 29.7 Å². The van der Waals surface area contributed by atoms with Crippen molar-refractivity contribution in [3.05, 3.63) is 54.4 Å². The maximum Gasteiger partial charge on any atom is 0.233 e. The zero-order chi connectivity index (χ0) is 23.6. The van der Waals surface area contributed by atoms with E-state index in [0.29, 0.717) is 24.1 Å². The minimum atomic E-state index is -0.139. The van der Waals surface area contributed by atoms with E-state index in [1.54, 1.807) is 17.3 Å². The zero-order valence-corrected chi connectivity index (χ0v) is 19.5. The van der Waals surface area contributed by atoms with Gasteiger partial charge in [-0.1, -0.05) is 43.8 Å². The van der Waals surface area contributed by atoms with Crippen LogP contribution in [0.2, 0.25) is 0 Å². The first kappa shape index (κ1) is 24.0. The zero-order valence-electron chi connectivity index (χ0n) is 18.7. The van der Waals surface area contributed by atoms with E-state index in [4.69, 9.17) is 10.5 Å². The van der Waals surface area contributed by atoms with E-state index >= 15 is 0 Å². The molecular formula is C24H25N7OS. The molecule has 0 aliphatic carbocycles. The quantitative estimate of drug-likeness (QED) is 0.418. The highest BCUT2D eigenvalue weighted by atomic mass is 32.2. The molecule has 168 valence electrons. The molecule has 1 aromatic carbocycles. The highest BCUT2D eigenvalue weighted by Gasteiger charge is 2.21. The molecule has 0 aliphatic rings. The van der Waals surface area contributed by atoms with Gasteiger partial charge < -0.3 is 4.90 Å². The number of carbonyl (C=O) groups is 1. The van der Waals surface area contributed by atoms with Gasteiger partial charge in [-0.2, -0.15) is 10.5 Å². The van der Waals surface area contributed by atoms with Gasteiger partial charge in [-0.15, -0.1) is 10.2 Å². The third kappa shape index (κ3) is 5.97. The number of pyridine rings is 1. The lowest BCUT2D eigenvalue weighted by atomic mass is 10.0. The van der Waals surface area contributed by atoms with Crippen LogP contribution in [-0.4, -0.2) is 49.4 Å². The summed E-state index contributed by atoms with van der Waals surface area (Å²) in [4.78, 5) is 18.6. The maximum absolute atomic E-state index is 12.8. The van der Waals surface area contributed by atoms with Gasteiger partial charge in [-0.25, -0.2) is 0 Å². The fourth-order valence-electron chi connectivity index (χ4n) is 3.39. The second-order valence-electron chi connectivity index (χ2n) is 7.58. The molecule has 0 spiro atoms. The predicted molar refractivity (Wildman–Crippen MR) is 126 cm³/mol. The largest absolute Gasteiger partial charge is 0.340 e. The molecular weight excluding hydrogens is 434 g/mol. The number of aromatic nitrogens is 4. The molecule has 3 aromatic rings. The summed E-state index contributed by atoms with van der Waals surface area (Å²) in [6.07, 6.45) is 3.90. The van der Waals surface area contributed by atoms with Crippen molar-refractivity contribution in [1.82, 2.24) is 24.6 Å². The van der Waals surface area contributed by atoms with Gasteiger partial charge >= 0.3 is 0 Å². The second-order valence-corrected chi connectivity index (χ2v) is 8.52. The molecule has 0 radical (unpaired) electrons. The van der Waals surface area contributed by atoms with Crippen LogP contribution in [0.5, 0.6) is 0 Å². The lowest BCUT2D eigenvalue weighted by molar-refractivity contribution is -0.128. The number of thioether (sulfide) groups is 1. The Balaban J connectivity index is 1.95. The predicted octanol–water partition coefficient (Wildman–Crippen LogP) is 4.20. The fourth-order valence-corrected chi connectivity index (χ4v) is 4.24. The average Bonchev–Trinajstić information content (AvgIpc) is 3.27. The molecule has 33 heavy (non-hydrogen) atoms. The summed E-state index contributed by atoms with van der Waals surface area (Å²) < 4.78 is 1.97. The van der Waals surface area contributed by atoms with Crippen molar-refractivity contribution in [2.24, 2.45) is 0 Å². The first-order chi connectivity index (χ1) is 16.1. The number of nitriles is 2. The molecule has 0 saturated heterocycles. The van der Waals surface area contributed by atoms with E-state index in [1.165, 1.54) is 11.8 Å². The minimum absolute atomic E-state index is 0.131. The van der Waals surface area contributed by atoms with E-state index in [1.807, 2.05) is 34.9 Å². The van der Waals surface area contributed by atoms with Crippen LogP contribution >= 0.6 is 11.8 Å².